The molecule has 0 atom stereocenters. The zero-order valence-corrected chi connectivity index (χ0v) is 16.5. The fourth-order valence-electron chi connectivity index (χ4n) is 3.12. The number of aliphatic carboxylic acids is 1. The molecular weight excluding hydrogens is 390 g/mol. The quantitative estimate of drug-likeness (QED) is 0.605. The Labute approximate surface area is 172 Å². The monoisotopic (exact) mass is 411 g/mol. The lowest BCUT2D eigenvalue weighted by Crippen LogP contribution is -2.47. The molecule has 1 fully saturated rings. The zero-order chi connectivity index (χ0) is 20.1. The van der Waals surface area contributed by atoms with Gasteiger partial charge >= 0.3 is 5.97 Å². The van der Waals surface area contributed by atoms with E-state index in [1.165, 1.54) is 11.3 Å². The maximum Gasteiger partial charge on any atom is 0.305 e. The molecule has 1 aliphatic heterocycles. The third kappa shape index (κ3) is 4.77. The highest BCUT2D eigenvalue weighted by Gasteiger charge is 2.21. The molecule has 0 saturated carbocycles. The van der Waals surface area contributed by atoms with Crippen molar-refractivity contribution < 1.29 is 9.90 Å². The highest BCUT2D eigenvalue weighted by Crippen LogP contribution is 2.26. The van der Waals surface area contributed by atoms with Crippen LogP contribution in [0.25, 0.3) is 10.7 Å². The summed E-state index contributed by atoms with van der Waals surface area (Å²) in [6.45, 7) is 3.56. The van der Waals surface area contributed by atoms with Gasteiger partial charge in [0.2, 0.25) is 5.95 Å². The number of hydrogen-bond acceptors (Lipinski definition) is 9. The van der Waals surface area contributed by atoms with Gasteiger partial charge in [-0.15, -0.1) is 11.3 Å². The fraction of sp³-hybridized carbons (Fsp3) is 0.316. The first-order valence-electron chi connectivity index (χ1n) is 9.34. The normalized spacial score (nSPS) is 14.1. The molecule has 0 radical (unpaired) electrons. The number of aromatic nitrogens is 4. The number of hydrogen-bond donors (Lipinski definition) is 2. The lowest BCUT2D eigenvalue weighted by atomic mass is 10.3. The van der Waals surface area contributed by atoms with Crippen molar-refractivity contribution in [2.24, 2.45) is 0 Å². The summed E-state index contributed by atoms with van der Waals surface area (Å²) in [6.07, 6.45) is 3.55. The van der Waals surface area contributed by atoms with Gasteiger partial charge in [0.05, 0.1) is 6.42 Å². The van der Waals surface area contributed by atoms with Crippen LogP contribution in [-0.2, 0) is 4.79 Å². The first-order valence-corrected chi connectivity index (χ1v) is 10.2. The maximum absolute atomic E-state index is 10.8. The number of anilines is 3. The van der Waals surface area contributed by atoms with E-state index >= 15 is 0 Å². The van der Waals surface area contributed by atoms with Crippen molar-refractivity contribution in [3.63, 3.8) is 0 Å². The Balaban J connectivity index is 1.51. The van der Waals surface area contributed by atoms with Crippen LogP contribution in [0.3, 0.4) is 0 Å². The van der Waals surface area contributed by atoms with Crippen LogP contribution in [0.2, 0.25) is 0 Å². The van der Waals surface area contributed by atoms with Crippen LogP contribution >= 0.6 is 11.3 Å². The molecule has 1 aliphatic rings. The van der Waals surface area contributed by atoms with Gasteiger partial charge in [0.15, 0.2) is 0 Å². The summed E-state index contributed by atoms with van der Waals surface area (Å²) in [6, 6.07) is 7.87. The first-order chi connectivity index (χ1) is 14.2. The number of nitrogens with zero attached hydrogens (tertiary/aromatic N) is 6. The molecule has 10 heteroatoms. The summed E-state index contributed by atoms with van der Waals surface area (Å²) in [5.74, 6) is 1.35. The summed E-state index contributed by atoms with van der Waals surface area (Å²) in [5.41, 5.74) is 0.731. The van der Waals surface area contributed by atoms with Gasteiger partial charge in [-0.1, -0.05) is 6.07 Å². The average molecular weight is 411 g/mol. The number of carboxylic acids is 1. The van der Waals surface area contributed by atoms with Crippen molar-refractivity contribution >= 4 is 34.9 Å². The number of carboxylic acid groups (broad SMARTS) is 1. The number of pyridine rings is 1. The minimum atomic E-state index is -0.862. The first kappa shape index (κ1) is 19.1. The molecule has 1 saturated heterocycles. The van der Waals surface area contributed by atoms with Gasteiger partial charge in [0.25, 0.3) is 0 Å². The molecule has 2 N–H and O–H groups in total. The maximum atomic E-state index is 10.8. The molecule has 4 rings (SSSR count). The van der Waals surface area contributed by atoms with E-state index in [9.17, 15) is 4.79 Å². The summed E-state index contributed by atoms with van der Waals surface area (Å²) in [4.78, 5) is 33.2. The standard InChI is InChI=1S/C19H21N7O2S/c27-17(28)4-6-22-19-23-14(18-21-7-12-29-18)13-16(24-19)26-10-8-25(9-11-26)15-3-1-2-5-20-15/h1-3,5,7,12-13H,4,6,8-11H2,(H,27,28)(H,22,23,24). The molecule has 0 unspecified atom stereocenters. The van der Waals surface area contributed by atoms with Gasteiger partial charge in [-0.25, -0.2) is 15.0 Å². The largest absolute Gasteiger partial charge is 0.481 e. The predicted molar refractivity (Wildman–Crippen MR) is 113 cm³/mol. The van der Waals surface area contributed by atoms with Crippen LogP contribution in [0.15, 0.2) is 42.0 Å². The number of carbonyl (C=O) groups is 1. The van der Waals surface area contributed by atoms with Crippen molar-refractivity contribution in [2.45, 2.75) is 6.42 Å². The topological polar surface area (TPSA) is 107 Å². The number of piperazine rings is 1. The number of rotatable bonds is 7. The van der Waals surface area contributed by atoms with E-state index in [0.717, 1.165) is 48.5 Å². The van der Waals surface area contributed by atoms with Crippen LogP contribution in [0.1, 0.15) is 6.42 Å². The Morgan fingerprint density at radius 3 is 2.52 bits per heavy atom. The van der Waals surface area contributed by atoms with Gasteiger partial charge in [-0.3, -0.25) is 4.79 Å². The molecule has 4 heterocycles. The van der Waals surface area contributed by atoms with Crippen LogP contribution in [0.4, 0.5) is 17.6 Å². The molecule has 0 aromatic carbocycles. The molecule has 0 aliphatic carbocycles. The van der Waals surface area contributed by atoms with Crippen LogP contribution in [-0.4, -0.2) is 63.7 Å². The van der Waals surface area contributed by atoms with E-state index in [4.69, 9.17) is 5.11 Å². The Hall–Kier alpha value is -3.27. The molecule has 0 bridgehead atoms. The smallest absolute Gasteiger partial charge is 0.305 e. The van der Waals surface area contributed by atoms with E-state index in [1.807, 2.05) is 35.8 Å². The van der Waals surface area contributed by atoms with Crippen molar-refractivity contribution in [3.05, 3.63) is 42.0 Å². The molecule has 0 amide bonds. The summed E-state index contributed by atoms with van der Waals surface area (Å²) in [7, 11) is 0. The van der Waals surface area contributed by atoms with Gasteiger partial charge in [-0.05, 0) is 12.1 Å². The highest BCUT2D eigenvalue weighted by molar-refractivity contribution is 7.13. The Bertz CT molecular complexity index is 944. The average Bonchev–Trinajstić information content (AvgIpc) is 3.29. The SMILES string of the molecule is O=C(O)CCNc1nc(-c2nccs2)cc(N2CCN(c3ccccn3)CC2)n1. The third-order valence-corrected chi connectivity index (χ3v) is 5.36. The van der Waals surface area contributed by atoms with Gasteiger partial charge in [0, 0.05) is 56.6 Å². The highest BCUT2D eigenvalue weighted by atomic mass is 32.1. The molecule has 150 valence electrons. The van der Waals surface area contributed by atoms with E-state index in [0.29, 0.717) is 5.95 Å². The van der Waals surface area contributed by atoms with Gasteiger partial charge in [0.1, 0.15) is 22.3 Å². The van der Waals surface area contributed by atoms with Crippen LogP contribution in [0.5, 0.6) is 0 Å². The molecular formula is C19H21N7O2S. The molecule has 3 aromatic rings. The molecule has 0 spiro atoms. The Morgan fingerprint density at radius 1 is 1.07 bits per heavy atom. The van der Waals surface area contributed by atoms with Gasteiger partial charge < -0.3 is 20.2 Å². The van der Waals surface area contributed by atoms with Crippen molar-refractivity contribution in [1.29, 1.82) is 0 Å². The second-order valence-corrected chi connectivity index (χ2v) is 7.40. The number of nitrogens with one attached hydrogen (secondary N) is 1. The number of thiazole rings is 1. The lowest BCUT2D eigenvalue weighted by molar-refractivity contribution is -0.136. The van der Waals surface area contributed by atoms with Gasteiger partial charge in [-0.2, -0.15) is 4.98 Å². The molecule has 29 heavy (non-hydrogen) atoms. The van der Waals surface area contributed by atoms with E-state index < -0.39 is 5.97 Å². The summed E-state index contributed by atoms with van der Waals surface area (Å²) < 4.78 is 0. The zero-order valence-electron chi connectivity index (χ0n) is 15.7. The molecule has 9 nitrogen and oxygen atoms in total. The summed E-state index contributed by atoms with van der Waals surface area (Å²) >= 11 is 1.51. The fourth-order valence-corrected chi connectivity index (χ4v) is 3.72. The second kappa shape index (κ2) is 8.82. The lowest BCUT2D eigenvalue weighted by Gasteiger charge is -2.36. The van der Waals surface area contributed by atoms with E-state index in [-0.39, 0.29) is 13.0 Å². The molecule has 3 aromatic heterocycles. The Kier molecular flexibility index (Phi) is 5.80. The second-order valence-electron chi connectivity index (χ2n) is 6.50. The minimum absolute atomic E-state index is 0.00290. The summed E-state index contributed by atoms with van der Waals surface area (Å²) in [5, 5.41) is 14.6. The van der Waals surface area contributed by atoms with Crippen molar-refractivity contribution in [2.75, 3.05) is 47.8 Å². The third-order valence-electron chi connectivity index (χ3n) is 4.56. The predicted octanol–water partition coefficient (Wildman–Crippen LogP) is 2.21. The van der Waals surface area contributed by atoms with Crippen molar-refractivity contribution in [3.8, 4) is 10.7 Å². The van der Waals surface area contributed by atoms with E-state index in [1.54, 1.807) is 6.20 Å². The van der Waals surface area contributed by atoms with E-state index in [2.05, 4.69) is 35.1 Å². The van der Waals surface area contributed by atoms with Crippen LogP contribution < -0.4 is 15.1 Å². The van der Waals surface area contributed by atoms with Crippen LogP contribution in [0, 0.1) is 0 Å². The Morgan fingerprint density at radius 2 is 1.86 bits per heavy atom. The minimum Gasteiger partial charge on any atom is -0.481 e. The van der Waals surface area contributed by atoms with Crippen molar-refractivity contribution in [1.82, 2.24) is 19.9 Å².